The van der Waals surface area contributed by atoms with Crippen molar-refractivity contribution >= 4 is 50.7 Å². The summed E-state index contributed by atoms with van der Waals surface area (Å²) in [6.45, 7) is 0. The van der Waals surface area contributed by atoms with Crippen LogP contribution in [0.3, 0.4) is 0 Å². The van der Waals surface area contributed by atoms with Crippen molar-refractivity contribution in [3.05, 3.63) is 60.9 Å². The number of rotatable bonds is 3. The fraction of sp³-hybridized carbons (Fsp3) is 0.0714. The third-order valence-electron chi connectivity index (χ3n) is 3.01. The molecule has 0 aliphatic heterocycles. The zero-order chi connectivity index (χ0) is 15.9. The zero-order valence-electron chi connectivity index (χ0n) is 10.9. The van der Waals surface area contributed by atoms with Gasteiger partial charge in [-0.05, 0) is 29.8 Å². The highest BCUT2D eigenvalue weighted by Gasteiger charge is 2.14. The van der Waals surface area contributed by atoms with Gasteiger partial charge in [0, 0.05) is 16.5 Å². The maximum absolute atomic E-state index is 12.0. The Morgan fingerprint density at radius 1 is 1.32 bits per heavy atom. The molecule has 0 atom stereocenters. The molecule has 2 heterocycles. The number of aromatic nitrogens is 2. The van der Waals surface area contributed by atoms with Crippen LogP contribution in [0.1, 0.15) is 21.1 Å². The number of carboxylic acids is 1. The van der Waals surface area contributed by atoms with E-state index in [0.717, 1.165) is 16.9 Å². The number of benzene rings is 1. The van der Waals surface area contributed by atoms with Gasteiger partial charge in [-0.15, -0.1) is 11.3 Å². The van der Waals surface area contributed by atoms with Crippen molar-refractivity contribution in [2.45, 2.75) is 6.42 Å². The normalized spacial score (nSPS) is 11.0. The first kappa shape index (κ1) is 15.0. The molecule has 0 radical (unpaired) electrons. The number of nitrogens with zero attached hydrogens (tertiary/aromatic N) is 1. The predicted molar refractivity (Wildman–Crippen MR) is 86.5 cm³/mol. The Bertz CT molecular complexity index is 949. The quantitative estimate of drug-likeness (QED) is 0.752. The third-order valence-corrected chi connectivity index (χ3v) is 4.72. The van der Waals surface area contributed by atoms with Crippen LogP contribution in [-0.4, -0.2) is 21.0 Å². The highest BCUT2D eigenvalue weighted by molar-refractivity contribution is 7.20. The number of hydrogen-bond acceptors (Lipinski definition) is 4. The number of H-pyrrole nitrogens is 1. The Kier molecular flexibility index (Phi) is 3.90. The van der Waals surface area contributed by atoms with E-state index < -0.39 is 5.97 Å². The summed E-state index contributed by atoms with van der Waals surface area (Å²) in [4.78, 5) is 30.0. The van der Waals surface area contributed by atoms with Gasteiger partial charge in [-0.3, -0.25) is 4.79 Å². The standard InChI is InChI=1S/C14H8Cl2N2O3S/c15-7-1-2-8(16)6(3-7)4-11-17-9-5-10(14(20)21)22-12(9)13(19)18-11/h1-3,5H,4H2,(H,20,21)(H,17,18,19). The van der Waals surface area contributed by atoms with Crippen molar-refractivity contribution in [3.63, 3.8) is 0 Å². The van der Waals surface area contributed by atoms with Crippen molar-refractivity contribution in [2.24, 2.45) is 0 Å². The van der Waals surface area contributed by atoms with E-state index in [1.807, 2.05) is 0 Å². The number of nitrogens with one attached hydrogen (secondary N) is 1. The summed E-state index contributed by atoms with van der Waals surface area (Å²) in [5.41, 5.74) is 0.723. The second-order valence-corrected chi connectivity index (χ2v) is 6.45. The maximum atomic E-state index is 12.0. The molecule has 0 aliphatic carbocycles. The molecule has 3 rings (SSSR count). The molecule has 0 amide bonds. The highest BCUT2D eigenvalue weighted by Crippen LogP contribution is 2.24. The van der Waals surface area contributed by atoms with Gasteiger partial charge in [0.25, 0.3) is 5.56 Å². The minimum absolute atomic E-state index is 0.0749. The van der Waals surface area contributed by atoms with Gasteiger partial charge in [-0.25, -0.2) is 9.78 Å². The number of aromatic amines is 1. The molecular formula is C14H8Cl2N2O3S. The summed E-state index contributed by atoms with van der Waals surface area (Å²) in [7, 11) is 0. The average Bonchev–Trinajstić information content (AvgIpc) is 2.88. The Hall–Kier alpha value is -1.89. The Morgan fingerprint density at radius 3 is 2.82 bits per heavy atom. The summed E-state index contributed by atoms with van der Waals surface area (Å²) in [6, 6.07) is 6.43. The minimum Gasteiger partial charge on any atom is -0.477 e. The molecule has 0 aliphatic rings. The molecule has 8 heteroatoms. The summed E-state index contributed by atoms with van der Waals surface area (Å²) >= 11 is 12.9. The fourth-order valence-electron chi connectivity index (χ4n) is 2.04. The van der Waals surface area contributed by atoms with Crippen LogP contribution in [-0.2, 0) is 6.42 Å². The molecule has 0 saturated carbocycles. The van der Waals surface area contributed by atoms with Crippen LogP contribution >= 0.6 is 34.5 Å². The number of fused-ring (bicyclic) bond motifs is 1. The number of carbonyl (C=O) groups is 1. The molecule has 112 valence electrons. The van der Waals surface area contributed by atoms with Crippen molar-refractivity contribution in [1.82, 2.24) is 9.97 Å². The lowest BCUT2D eigenvalue weighted by molar-refractivity contribution is 0.0702. The first-order valence-electron chi connectivity index (χ1n) is 6.14. The van der Waals surface area contributed by atoms with Crippen LogP contribution in [0.5, 0.6) is 0 Å². The topological polar surface area (TPSA) is 83.0 Å². The minimum atomic E-state index is -1.08. The molecule has 0 saturated heterocycles. The van der Waals surface area contributed by atoms with E-state index in [2.05, 4.69) is 9.97 Å². The molecule has 2 aromatic heterocycles. The van der Waals surface area contributed by atoms with Gasteiger partial charge in [-0.2, -0.15) is 0 Å². The number of aromatic carboxylic acids is 1. The molecule has 3 aromatic rings. The first-order valence-corrected chi connectivity index (χ1v) is 7.71. The Morgan fingerprint density at radius 2 is 2.09 bits per heavy atom. The van der Waals surface area contributed by atoms with E-state index in [9.17, 15) is 9.59 Å². The third kappa shape index (κ3) is 2.85. The fourth-order valence-corrected chi connectivity index (χ4v) is 3.25. The van der Waals surface area contributed by atoms with E-state index in [0.29, 0.717) is 32.5 Å². The van der Waals surface area contributed by atoms with Crippen LogP contribution in [0.15, 0.2) is 29.1 Å². The SMILES string of the molecule is O=C(O)c1cc2nc(Cc3cc(Cl)ccc3Cl)[nH]c(=O)c2s1. The van der Waals surface area contributed by atoms with E-state index in [-0.39, 0.29) is 10.4 Å². The van der Waals surface area contributed by atoms with E-state index in [4.69, 9.17) is 28.3 Å². The van der Waals surface area contributed by atoms with Crippen LogP contribution in [0.4, 0.5) is 0 Å². The predicted octanol–water partition coefficient (Wildman–Crippen LogP) is 3.58. The second kappa shape index (κ2) is 5.72. The molecule has 22 heavy (non-hydrogen) atoms. The summed E-state index contributed by atoms with van der Waals surface area (Å²) < 4.78 is 0.290. The van der Waals surface area contributed by atoms with Gasteiger partial charge in [-0.1, -0.05) is 23.2 Å². The Labute approximate surface area is 138 Å². The molecule has 5 nitrogen and oxygen atoms in total. The van der Waals surface area contributed by atoms with Crippen LogP contribution in [0, 0.1) is 0 Å². The monoisotopic (exact) mass is 354 g/mol. The average molecular weight is 355 g/mol. The summed E-state index contributed by atoms with van der Waals surface area (Å²) in [6.07, 6.45) is 0.294. The van der Waals surface area contributed by atoms with Crippen molar-refractivity contribution in [1.29, 1.82) is 0 Å². The number of hydrogen-bond donors (Lipinski definition) is 2. The molecule has 0 unspecified atom stereocenters. The number of carboxylic acid groups (broad SMARTS) is 1. The Balaban J connectivity index is 2.06. The molecule has 0 bridgehead atoms. The van der Waals surface area contributed by atoms with Crippen molar-refractivity contribution < 1.29 is 9.90 Å². The molecule has 0 fully saturated rings. The van der Waals surface area contributed by atoms with Gasteiger partial charge >= 0.3 is 5.97 Å². The van der Waals surface area contributed by atoms with Gasteiger partial charge in [0.1, 0.15) is 15.4 Å². The van der Waals surface area contributed by atoms with Crippen molar-refractivity contribution in [2.75, 3.05) is 0 Å². The second-order valence-electron chi connectivity index (χ2n) is 4.56. The number of thiophene rings is 1. The summed E-state index contributed by atoms with van der Waals surface area (Å²) in [5, 5.41) is 10.0. The lowest BCUT2D eigenvalue weighted by atomic mass is 10.1. The first-order chi connectivity index (χ1) is 10.4. The maximum Gasteiger partial charge on any atom is 0.345 e. The van der Waals surface area contributed by atoms with E-state index >= 15 is 0 Å². The van der Waals surface area contributed by atoms with Gasteiger partial charge < -0.3 is 10.1 Å². The van der Waals surface area contributed by atoms with E-state index in [1.165, 1.54) is 6.07 Å². The molecule has 2 N–H and O–H groups in total. The van der Waals surface area contributed by atoms with Crippen LogP contribution in [0.2, 0.25) is 10.0 Å². The van der Waals surface area contributed by atoms with E-state index in [1.54, 1.807) is 18.2 Å². The van der Waals surface area contributed by atoms with Crippen LogP contribution < -0.4 is 5.56 Å². The van der Waals surface area contributed by atoms with Gasteiger partial charge in [0.2, 0.25) is 0 Å². The highest BCUT2D eigenvalue weighted by atomic mass is 35.5. The smallest absolute Gasteiger partial charge is 0.345 e. The number of halogens is 2. The van der Waals surface area contributed by atoms with Crippen molar-refractivity contribution in [3.8, 4) is 0 Å². The van der Waals surface area contributed by atoms with Gasteiger partial charge in [0.15, 0.2) is 0 Å². The lowest BCUT2D eigenvalue weighted by Gasteiger charge is -2.04. The molecular weight excluding hydrogens is 347 g/mol. The molecule has 1 aromatic carbocycles. The zero-order valence-corrected chi connectivity index (χ0v) is 13.2. The molecule has 0 spiro atoms. The van der Waals surface area contributed by atoms with Crippen LogP contribution in [0.25, 0.3) is 10.2 Å². The summed E-state index contributed by atoms with van der Waals surface area (Å²) in [5.74, 6) is -0.682. The lowest BCUT2D eigenvalue weighted by Crippen LogP contribution is -2.10. The largest absolute Gasteiger partial charge is 0.477 e. The van der Waals surface area contributed by atoms with Gasteiger partial charge in [0.05, 0.1) is 5.52 Å².